The number of anilines is 1. The molecule has 0 unspecified atom stereocenters. The predicted molar refractivity (Wildman–Crippen MR) is 104 cm³/mol. The summed E-state index contributed by atoms with van der Waals surface area (Å²) < 4.78 is 1.89. The first-order valence-corrected chi connectivity index (χ1v) is 9.82. The monoisotopic (exact) mass is 410 g/mol. The van der Waals surface area contributed by atoms with Gasteiger partial charge in [0.15, 0.2) is 11.5 Å². The second-order valence-electron chi connectivity index (χ2n) is 6.07. The molecule has 1 aromatic carbocycles. The second-order valence-corrected chi connectivity index (χ2v) is 8.06. The van der Waals surface area contributed by atoms with Crippen LogP contribution in [-0.4, -0.2) is 42.5 Å². The largest absolute Gasteiger partial charge is 0.390 e. The van der Waals surface area contributed by atoms with Gasteiger partial charge in [-0.25, -0.2) is 9.97 Å². The summed E-state index contributed by atoms with van der Waals surface area (Å²) in [5.41, 5.74) is 2.48. The lowest BCUT2D eigenvalue weighted by Crippen LogP contribution is -2.25. The molecule has 136 valence electrons. The number of benzene rings is 1. The Balaban J connectivity index is 1.59. The van der Waals surface area contributed by atoms with Gasteiger partial charge in [0.1, 0.15) is 0 Å². The van der Waals surface area contributed by atoms with Gasteiger partial charge in [0.25, 0.3) is 0 Å². The van der Waals surface area contributed by atoms with Crippen molar-refractivity contribution < 1.29 is 10.2 Å². The molecule has 1 saturated heterocycles. The van der Waals surface area contributed by atoms with E-state index in [2.05, 4.69) is 15.3 Å². The summed E-state index contributed by atoms with van der Waals surface area (Å²) in [5.74, 6) is 1.13. The van der Waals surface area contributed by atoms with E-state index in [1.54, 1.807) is 30.7 Å². The fraction of sp³-hybridized carbons (Fsp3) is 0.294. The van der Waals surface area contributed by atoms with Crippen LogP contribution in [0.5, 0.6) is 0 Å². The van der Waals surface area contributed by atoms with E-state index in [0.29, 0.717) is 33.8 Å². The molecule has 3 atom stereocenters. The molecule has 0 bridgehead atoms. The van der Waals surface area contributed by atoms with Crippen molar-refractivity contribution in [1.82, 2.24) is 14.4 Å². The highest BCUT2D eigenvalue weighted by Gasteiger charge is 2.37. The minimum atomic E-state index is -0.805. The maximum absolute atomic E-state index is 10.2. The Hall–Kier alpha value is -1.51. The first kappa shape index (κ1) is 17.9. The fourth-order valence-electron chi connectivity index (χ4n) is 2.97. The maximum atomic E-state index is 10.2. The third-order valence-corrected chi connectivity index (χ3v) is 6.50. The molecule has 0 aliphatic carbocycles. The van der Waals surface area contributed by atoms with E-state index in [9.17, 15) is 10.2 Å². The predicted octanol–water partition coefficient (Wildman–Crippen LogP) is 3.16. The number of nitrogens with one attached hydrogen (secondary N) is 1. The van der Waals surface area contributed by atoms with Crippen LogP contribution in [0.4, 0.5) is 5.82 Å². The lowest BCUT2D eigenvalue weighted by atomic mass is 10.1. The van der Waals surface area contributed by atoms with Gasteiger partial charge >= 0.3 is 0 Å². The van der Waals surface area contributed by atoms with Crippen molar-refractivity contribution in [2.75, 3.05) is 11.1 Å². The molecule has 1 aliphatic heterocycles. The second kappa shape index (κ2) is 7.25. The maximum Gasteiger partial charge on any atom is 0.180 e. The average molecular weight is 411 g/mol. The number of aromatic nitrogens is 3. The number of hydrogen-bond donors (Lipinski definition) is 3. The Labute approximate surface area is 164 Å². The molecule has 0 amide bonds. The highest BCUT2D eigenvalue weighted by Crippen LogP contribution is 2.40. The first-order valence-electron chi connectivity index (χ1n) is 8.02. The topological polar surface area (TPSA) is 82.7 Å². The van der Waals surface area contributed by atoms with Gasteiger partial charge in [-0.05, 0) is 17.7 Å². The van der Waals surface area contributed by atoms with Crippen molar-refractivity contribution in [1.29, 1.82) is 0 Å². The standard InChI is InChI=1S/C17H16Cl2N4O2S/c18-10-2-1-9(5-11(10)19)6-21-16-17-22-7-12(23(17)4-3-20-16)15-14(25)13(24)8-26-15/h1-5,7,13-15,24-25H,6,8H2,(H,20,21)/t13-,14-,15+/m1/s1. The van der Waals surface area contributed by atoms with Crippen molar-refractivity contribution in [2.45, 2.75) is 24.0 Å². The fourth-order valence-corrected chi connectivity index (χ4v) is 4.62. The van der Waals surface area contributed by atoms with Crippen molar-refractivity contribution in [3.63, 3.8) is 0 Å². The lowest BCUT2D eigenvalue weighted by Gasteiger charge is -2.15. The van der Waals surface area contributed by atoms with Crippen LogP contribution >= 0.6 is 35.0 Å². The molecular formula is C17H16Cl2N4O2S. The number of thioether (sulfide) groups is 1. The quantitative estimate of drug-likeness (QED) is 0.612. The molecule has 9 heteroatoms. The minimum absolute atomic E-state index is 0.217. The summed E-state index contributed by atoms with van der Waals surface area (Å²) in [6, 6.07) is 5.46. The van der Waals surface area contributed by atoms with Crippen molar-refractivity contribution in [3.8, 4) is 0 Å². The van der Waals surface area contributed by atoms with Gasteiger partial charge < -0.3 is 15.5 Å². The van der Waals surface area contributed by atoms with E-state index < -0.39 is 12.2 Å². The molecule has 26 heavy (non-hydrogen) atoms. The van der Waals surface area contributed by atoms with Gasteiger partial charge in [0.2, 0.25) is 0 Å². The summed E-state index contributed by atoms with van der Waals surface area (Å²) in [5, 5.41) is 24.1. The zero-order valence-electron chi connectivity index (χ0n) is 13.5. The van der Waals surface area contributed by atoms with Crippen molar-refractivity contribution in [3.05, 3.63) is 58.1 Å². The number of imidazole rings is 1. The van der Waals surface area contributed by atoms with Crippen LogP contribution < -0.4 is 5.32 Å². The van der Waals surface area contributed by atoms with Gasteiger partial charge in [-0.3, -0.25) is 4.40 Å². The van der Waals surface area contributed by atoms with Crippen molar-refractivity contribution >= 4 is 46.4 Å². The van der Waals surface area contributed by atoms with Gasteiger partial charge in [0.05, 0.1) is 39.4 Å². The molecule has 3 aromatic rings. The number of fused-ring (bicyclic) bond motifs is 1. The molecule has 4 rings (SSSR count). The summed E-state index contributed by atoms with van der Waals surface area (Å²) >= 11 is 13.5. The smallest absolute Gasteiger partial charge is 0.180 e. The molecule has 3 heterocycles. The number of aliphatic hydroxyl groups is 2. The normalized spacial score (nSPS) is 22.8. The van der Waals surface area contributed by atoms with Crippen LogP contribution in [0.25, 0.3) is 5.65 Å². The molecule has 3 N–H and O–H groups in total. The Morgan fingerprint density at radius 2 is 2.08 bits per heavy atom. The molecule has 6 nitrogen and oxygen atoms in total. The summed E-state index contributed by atoms with van der Waals surface area (Å²) in [6.07, 6.45) is 3.68. The van der Waals surface area contributed by atoms with Crippen LogP contribution in [-0.2, 0) is 6.54 Å². The number of aliphatic hydroxyl groups excluding tert-OH is 2. The summed E-state index contributed by atoms with van der Waals surface area (Å²) in [7, 11) is 0. The number of nitrogens with zero attached hydrogens (tertiary/aromatic N) is 3. The molecular weight excluding hydrogens is 395 g/mol. The Morgan fingerprint density at radius 1 is 1.23 bits per heavy atom. The van der Waals surface area contributed by atoms with Gasteiger partial charge in [0, 0.05) is 24.7 Å². The molecule has 0 radical (unpaired) electrons. The van der Waals surface area contributed by atoms with E-state index >= 15 is 0 Å². The van der Waals surface area contributed by atoms with Gasteiger partial charge in [-0.15, -0.1) is 11.8 Å². The lowest BCUT2D eigenvalue weighted by molar-refractivity contribution is 0.0411. The summed E-state index contributed by atoms with van der Waals surface area (Å²) in [4.78, 5) is 8.82. The summed E-state index contributed by atoms with van der Waals surface area (Å²) in [6.45, 7) is 0.519. The molecule has 0 spiro atoms. The number of rotatable bonds is 4. The van der Waals surface area contributed by atoms with E-state index in [1.165, 1.54) is 11.8 Å². The highest BCUT2D eigenvalue weighted by molar-refractivity contribution is 7.99. The first-order chi connectivity index (χ1) is 12.5. The van der Waals surface area contributed by atoms with Crippen LogP contribution in [0.1, 0.15) is 16.5 Å². The third kappa shape index (κ3) is 3.25. The molecule has 1 aliphatic rings. The van der Waals surface area contributed by atoms with E-state index in [4.69, 9.17) is 23.2 Å². The van der Waals surface area contributed by atoms with Crippen molar-refractivity contribution in [2.24, 2.45) is 0 Å². The Morgan fingerprint density at radius 3 is 2.81 bits per heavy atom. The average Bonchev–Trinajstić information content (AvgIpc) is 3.20. The van der Waals surface area contributed by atoms with E-state index in [0.717, 1.165) is 11.3 Å². The van der Waals surface area contributed by atoms with E-state index in [-0.39, 0.29) is 5.25 Å². The molecule has 2 aromatic heterocycles. The number of hydrogen-bond acceptors (Lipinski definition) is 6. The van der Waals surface area contributed by atoms with Crippen LogP contribution in [0.2, 0.25) is 10.0 Å². The zero-order chi connectivity index (χ0) is 18.3. The van der Waals surface area contributed by atoms with Crippen LogP contribution in [0, 0.1) is 0 Å². The molecule has 1 fully saturated rings. The highest BCUT2D eigenvalue weighted by atomic mass is 35.5. The van der Waals surface area contributed by atoms with Gasteiger partial charge in [-0.1, -0.05) is 29.3 Å². The SMILES string of the molecule is O[C@@H]1[C@H](O)CS[C@H]1c1cnc2c(NCc3ccc(Cl)c(Cl)c3)nccn12. The Kier molecular flexibility index (Phi) is 4.98. The van der Waals surface area contributed by atoms with E-state index in [1.807, 2.05) is 10.5 Å². The van der Waals surface area contributed by atoms with Gasteiger partial charge in [-0.2, -0.15) is 0 Å². The zero-order valence-corrected chi connectivity index (χ0v) is 15.8. The van der Waals surface area contributed by atoms with Crippen LogP contribution in [0.15, 0.2) is 36.8 Å². The Bertz CT molecular complexity index is 952. The third-order valence-electron chi connectivity index (χ3n) is 4.34. The minimum Gasteiger partial charge on any atom is -0.390 e. The molecule has 0 saturated carbocycles. The number of halogens is 2. The van der Waals surface area contributed by atoms with Crippen LogP contribution in [0.3, 0.4) is 0 Å².